The Hall–Kier alpha value is -3.11. The third-order valence-corrected chi connectivity index (χ3v) is 6.50. The van der Waals surface area contributed by atoms with Crippen molar-refractivity contribution in [3.05, 3.63) is 64.7 Å². The van der Waals surface area contributed by atoms with Gasteiger partial charge in [-0.25, -0.2) is 0 Å². The number of hydrogen-bond donors (Lipinski definition) is 2. The molecule has 3 atom stereocenters. The molecule has 1 aliphatic heterocycles. The largest absolute Gasteiger partial charge is 0.573 e. The van der Waals surface area contributed by atoms with E-state index in [0.717, 1.165) is 18.6 Å². The average Bonchev–Trinajstić information content (AvgIpc) is 3.33. The third kappa shape index (κ3) is 5.59. The highest BCUT2D eigenvalue weighted by atomic mass is 35.5. The van der Waals surface area contributed by atoms with E-state index in [9.17, 15) is 27.6 Å². The van der Waals surface area contributed by atoms with Crippen molar-refractivity contribution in [2.45, 2.75) is 43.2 Å². The van der Waals surface area contributed by atoms with E-state index >= 15 is 0 Å². The quantitative estimate of drug-likeness (QED) is 0.591. The molecule has 186 valence electrons. The fourth-order valence-corrected chi connectivity index (χ4v) is 4.63. The van der Waals surface area contributed by atoms with Crippen molar-refractivity contribution in [1.82, 2.24) is 10.6 Å². The monoisotopic (exact) mass is 510 g/mol. The molecule has 0 spiro atoms. The van der Waals surface area contributed by atoms with Gasteiger partial charge in [-0.3, -0.25) is 14.4 Å². The van der Waals surface area contributed by atoms with Crippen molar-refractivity contribution in [3.8, 4) is 5.75 Å². The first-order valence-corrected chi connectivity index (χ1v) is 11.3. The molecule has 7 nitrogen and oxygen atoms in total. The second kappa shape index (κ2) is 9.87. The number of Topliss-reactive ketones (excluding diaryl/α,β-unsaturated/α-hetero) is 1. The van der Waals surface area contributed by atoms with Gasteiger partial charge in [-0.2, -0.15) is 0 Å². The zero-order valence-corrected chi connectivity index (χ0v) is 19.1. The van der Waals surface area contributed by atoms with E-state index in [2.05, 4.69) is 15.4 Å². The molecule has 2 aliphatic rings. The lowest BCUT2D eigenvalue weighted by atomic mass is 9.90. The lowest BCUT2D eigenvalue weighted by Gasteiger charge is -2.30. The zero-order chi connectivity index (χ0) is 25.2. The van der Waals surface area contributed by atoms with Crippen molar-refractivity contribution < 1.29 is 37.0 Å². The molecule has 1 aliphatic carbocycles. The van der Waals surface area contributed by atoms with Crippen molar-refractivity contribution >= 4 is 29.2 Å². The van der Waals surface area contributed by atoms with E-state index in [0.29, 0.717) is 23.4 Å². The first-order valence-electron chi connectivity index (χ1n) is 10.9. The third-order valence-electron chi connectivity index (χ3n) is 6.25. The number of halogens is 4. The summed E-state index contributed by atoms with van der Waals surface area (Å²) in [6.45, 7) is -0.176. The van der Waals surface area contributed by atoms with Gasteiger partial charge in [-0.1, -0.05) is 23.7 Å². The van der Waals surface area contributed by atoms with E-state index in [1.807, 2.05) is 0 Å². The van der Waals surface area contributed by atoms with E-state index in [4.69, 9.17) is 16.3 Å². The molecule has 11 heteroatoms. The summed E-state index contributed by atoms with van der Waals surface area (Å²) in [7, 11) is 0. The molecule has 1 saturated carbocycles. The van der Waals surface area contributed by atoms with Crippen LogP contribution in [0.3, 0.4) is 0 Å². The molecule has 2 amide bonds. The second-order valence-electron chi connectivity index (χ2n) is 8.46. The number of carbonyl (C=O) groups excluding carboxylic acids is 3. The van der Waals surface area contributed by atoms with Gasteiger partial charge in [-0.05, 0) is 61.2 Å². The van der Waals surface area contributed by atoms with Crippen LogP contribution in [0.1, 0.15) is 41.1 Å². The Labute approximate surface area is 203 Å². The van der Waals surface area contributed by atoms with Crippen molar-refractivity contribution in [2.75, 3.05) is 13.2 Å². The molecule has 35 heavy (non-hydrogen) atoms. The maximum Gasteiger partial charge on any atom is 0.573 e. The minimum Gasteiger partial charge on any atom is -0.406 e. The molecule has 4 rings (SSSR count). The van der Waals surface area contributed by atoms with Crippen molar-refractivity contribution in [2.24, 2.45) is 0 Å². The highest BCUT2D eigenvalue weighted by molar-refractivity contribution is 6.30. The smallest absolute Gasteiger partial charge is 0.406 e. The van der Waals surface area contributed by atoms with Gasteiger partial charge < -0.3 is 20.1 Å². The highest BCUT2D eigenvalue weighted by Gasteiger charge is 2.55. The normalized spacial score (nSPS) is 22.4. The molecule has 0 bridgehead atoms. The summed E-state index contributed by atoms with van der Waals surface area (Å²) in [5.41, 5.74) is -0.415. The SMILES string of the molecule is O=C(NCC(C(=O)NC12CCCC1OCC2=O)c1ccc(Cl)cc1)c1ccc(OC(F)(F)F)cc1. The van der Waals surface area contributed by atoms with Crippen LogP contribution in [0, 0.1) is 0 Å². The van der Waals surface area contributed by atoms with Crippen molar-refractivity contribution in [3.63, 3.8) is 0 Å². The lowest BCUT2D eigenvalue weighted by molar-refractivity contribution is -0.274. The maximum atomic E-state index is 13.4. The summed E-state index contributed by atoms with van der Waals surface area (Å²) >= 11 is 5.97. The Kier molecular flexibility index (Phi) is 7.05. The summed E-state index contributed by atoms with van der Waals surface area (Å²) in [5.74, 6) is -2.53. The molecule has 2 aromatic carbocycles. The summed E-state index contributed by atoms with van der Waals surface area (Å²) in [4.78, 5) is 38.6. The number of nitrogens with one attached hydrogen (secondary N) is 2. The molecule has 0 radical (unpaired) electrons. The Balaban J connectivity index is 1.48. The minimum atomic E-state index is -4.84. The number of rotatable bonds is 7. The van der Waals surface area contributed by atoms with Crippen LogP contribution in [0.4, 0.5) is 13.2 Å². The van der Waals surface area contributed by atoms with Gasteiger partial charge in [0.2, 0.25) is 5.91 Å². The van der Waals surface area contributed by atoms with Crippen molar-refractivity contribution in [1.29, 1.82) is 0 Å². The van der Waals surface area contributed by atoms with Crippen LogP contribution in [-0.4, -0.2) is 48.8 Å². The second-order valence-corrected chi connectivity index (χ2v) is 8.90. The highest BCUT2D eigenvalue weighted by Crippen LogP contribution is 2.38. The number of hydrogen-bond acceptors (Lipinski definition) is 5. The molecule has 3 unspecified atom stereocenters. The van der Waals surface area contributed by atoms with Gasteiger partial charge in [0.1, 0.15) is 17.9 Å². The Morgan fingerprint density at radius 1 is 1.14 bits per heavy atom. The van der Waals surface area contributed by atoms with E-state index in [-0.39, 0.29) is 30.6 Å². The number of carbonyl (C=O) groups is 3. The van der Waals surface area contributed by atoms with Gasteiger partial charge in [0.15, 0.2) is 5.78 Å². The number of amides is 2. The van der Waals surface area contributed by atoms with E-state index in [1.54, 1.807) is 24.3 Å². The first kappa shape index (κ1) is 25.0. The summed E-state index contributed by atoms with van der Waals surface area (Å²) < 4.78 is 46.4. The number of ketones is 1. The summed E-state index contributed by atoms with van der Waals surface area (Å²) in [6.07, 6.45) is -3.33. The van der Waals surface area contributed by atoms with Crippen LogP contribution in [0.2, 0.25) is 5.02 Å². The van der Waals surface area contributed by atoms with Crippen LogP contribution >= 0.6 is 11.6 Å². The fourth-order valence-electron chi connectivity index (χ4n) is 4.50. The van der Waals surface area contributed by atoms with Crippen LogP contribution in [0.15, 0.2) is 48.5 Å². The number of fused-ring (bicyclic) bond motifs is 1. The zero-order valence-electron chi connectivity index (χ0n) is 18.4. The topological polar surface area (TPSA) is 93.7 Å². The number of alkyl halides is 3. The molecule has 1 saturated heterocycles. The van der Waals surface area contributed by atoms with Crippen LogP contribution < -0.4 is 15.4 Å². The summed E-state index contributed by atoms with van der Waals surface area (Å²) in [5, 5.41) is 6.00. The van der Waals surface area contributed by atoms with Gasteiger partial charge in [0.25, 0.3) is 5.91 Å². The Morgan fingerprint density at radius 2 is 1.83 bits per heavy atom. The van der Waals surface area contributed by atoms with Gasteiger partial charge >= 0.3 is 6.36 Å². The first-order chi connectivity index (χ1) is 16.6. The predicted octanol–water partition coefficient (Wildman–Crippen LogP) is 3.76. The molecule has 2 fully saturated rings. The molecule has 2 aromatic rings. The maximum absolute atomic E-state index is 13.4. The molecule has 2 N–H and O–H groups in total. The van der Waals surface area contributed by atoms with E-state index in [1.165, 1.54) is 12.1 Å². The Morgan fingerprint density at radius 3 is 2.49 bits per heavy atom. The molecule has 0 aromatic heterocycles. The number of benzene rings is 2. The summed E-state index contributed by atoms with van der Waals surface area (Å²) in [6, 6.07) is 10.9. The van der Waals surface area contributed by atoms with Crippen LogP contribution in [0.25, 0.3) is 0 Å². The van der Waals surface area contributed by atoms with Gasteiger partial charge in [-0.15, -0.1) is 13.2 Å². The van der Waals surface area contributed by atoms with Crippen LogP contribution in [-0.2, 0) is 14.3 Å². The molecular weight excluding hydrogens is 489 g/mol. The standard InChI is InChI=1S/C24H22ClF3N2O5/c25-16-7-3-14(4-8-16)18(22(33)30-23-11-1-2-20(23)34-13-19(23)31)12-29-21(32)15-5-9-17(10-6-15)35-24(26,27)28/h3-10,18,20H,1-2,11-13H2,(H,29,32)(H,30,33). The van der Waals surface area contributed by atoms with Crippen LogP contribution in [0.5, 0.6) is 5.75 Å². The minimum absolute atomic E-state index is 0.0542. The fraction of sp³-hybridized carbons (Fsp3) is 0.375. The van der Waals surface area contributed by atoms with Gasteiger partial charge in [0.05, 0.1) is 12.0 Å². The lowest BCUT2D eigenvalue weighted by Crippen LogP contribution is -2.57. The number of ether oxygens (including phenoxy) is 2. The molecular formula is C24H22ClF3N2O5. The average molecular weight is 511 g/mol. The Bertz CT molecular complexity index is 1110. The van der Waals surface area contributed by atoms with Gasteiger partial charge in [0, 0.05) is 17.1 Å². The molecule has 1 heterocycles. The van der Waals surface area contributed by atoms with E-state index < -0.39 is 35.4 Å². The predicted molar refractivity (Wildman–Crippen MR) is 119 cm³/mol.